The Morgan fingerprint density at radius 1 is 1.08 bits per heavy atom. The minimum atomic E-state index is 0.128. The summed E-state index contributed by atoms with van der Waals surface area (Å²) in [6.07, 6.45) is 5.90. The van der Waals surface area contributed by atoms with Crippen LogP contribution in [-0.4, -0.2) is 15.2 Å². The van der Waals surface area contributed by atoms with Crippen LogP contribution in [0.1, 0.15) is 37.3 Å². The van der Waals surface area contributed by atoms with Gasteiger partial charge in [0.15, 0.2) is 0 Å². The van der Waals surface area contributed by atoms with Crippen LogP contribution in [0.25, 0.3) is 21.6 Å². The van der Waals surface area contributed by atoms with Gasteiger partial charge in [0.25, 0.3) is 0 Å². The molecule has 0 unspecified atom stereocenters. The molecule has 3 nitrogen and oxygen atoms in total. The summed E-state index contributed by atoms with van der Waals surface area (Å²) in [7, 11) is 0. The maximum Gasteiger partial charge on any atom is 0.136 e. The Kier molecular flexibility index (Phi) is 5.39. The van der Waals surface area contributed by atoms with Crippen molar-refractivity contribution in [1.82, 2.24) is 4.98 Å². The lowest BCUT2D eigenvalue weighted by Crippen LogP contribution is -1.94. The molecular formula is C21H23NO2S. The number of nitrogens with zero attached hydrogens (tertiary/aromatic N) is 1. The fourth-order valence-electron chi connectivity index (χ4n) is 3.17. The molecule has 0 aliphatic carbocycles. The smallest absolute Gasteiger partial charge is 0.136 e. The fourth-order valence-corrected chi connectivity index (χ4v) is 3.87. The number of aromatic hydroxyl groups is 2. The van der Waals surface area contributed by atoms with Gasteiger partial charge in [0.1, 0.15) is 11.5 Å². The topological polar surface area (TPSA) is 53.4 Å². The maximum atomic E-state index is 11.0. The number of phenolic OH excluding ortho intramolecular Hbond substituents is 2. The van der Waals surface area contributed by atoms with Crippen molar-refractivity contribution in [3.63, 3.8) is 0 Å². The molecule has 3 aromatic rings. The highest BCUT2D eigenvalue weighted by Gasteiger charge is 2.20. The average molecular weight is 353 g/mol. The normalized spacial score (nSPS) is 11.0. The molecule has 0 radical (unpaired) electrons. The van der Waals surface area contributed by atoms with E-state index in [1.807, 2.05) is 37.3 Å². The number of unbranched alkanes of at least 4 members (excludes halogenated alkanes) is 2. The van der Waals surface area contributed by atoms with E-state index in [1.165, 1.54) is 11.3 Å². The lowest BCUT2D eigenvalue weighted by molar-refractivity contribution is 0.454. The number of aromatic nitrogens is 1. The largest absolute Gasteiger partial charge is 0.507 e. The van der Waals surface area contributed by atoms with Gasteiger partial charge in [-0.05, 0) is 37.0 Å². The number of thiazole rings is 1. The van der Waals surface area contributed by atoms with Crippen molar-refractivity contribution >= 4 is 11.3 Å². The third-order valence-corrected chi connectivity index (χ3v) is 5.19. The van der Waals surface area contributed by atoms with Crippen molar-refractivity contribution < 1.29 is 10.2 Å². The molecule has 1 heterocycles. The molecule has 0 fully saturated rings. The lowest BCUT2D eigenvalue weighted by atomic mass is 9.92. The monoisotopic (exact) mass is 353 g/mol. The Labute approximate surface area is 152 Å². The van der Waals surface area contributed by atoms with Gasteiger partial charge in [-0.3, -0.25) is 4.98 Å². The summed E-state index contributed by atoms with van der Waals surface area (Å²) < 4.78 is 0. The number of phenols is 2. The molecule has 0 spiro atoms. The Bertz CT molecular complexity index is 857. The van der Waals surface area contributed by atoms with Crippen LogP contribution in [0.5, 0.6) is 11.5 Å². The number of rotatable bonds is 6. The molecule has 25 heavy (non-hydrogen) atoms. The second-order valence-electron chi connectivity index (χ2n) is 6.35. The first-order chi connectivity index (χ1) is 12.1. The Balaban J connectivity index is 2.17. The first-order valence-corrected chi connectivity index (χ1v) is 9.53. The molecule has 0 amide bonds. The maximum absolute atomic E-state index is 11.0. The highest BCUT2D eigenvalue weighted by Crippen LogP contribution is 2.47. The van der Waals surface area contributed by atoms with Gasteiger partial charge in [-0.25, -0.2) is 0 Å². The molecule has 2 N–H and O–H groups in total. The molecule has 0 aliphatic heterocycles. The molecular weight excluding hydrogens is 330 g/mol. The predicted molar refractivity (Wildman–Crippen MR) is 104 cm³/mol. The molecule has 0 aliphatic rings. The zero-order chi connectivity index (χ0) is 17.8. The summed E-state index contributed by atoms with van der Waals surface area (Å²) in [5.41, 5.74) is 5.94. The van der Waals surface area contributed by atoms with Crippen molar-refractivity contribution in [2.75, 3.05) is 0 Å². The number of aryl methyl sites for hydroxylation is 2. The molecule has 3 rings (SSSR count). The van der Waals surface area contributed by atoms with Gasteiger partial charge < -0.3 is 10.2 Å². The molecule has 2 aromatic carbocycles. The van der Waals surface area contributed by atoms with E-state index < -0.39 is 0 Å². The van der Waals surface area contributed by atoms with E-state index in [1.54, 1.807) is 11.7 Å². The Morgan fingerprint density at radius 2 is 1.92 bits per heavy atom. The second kappa shape index (κ2) is 7.70. The summed E-state index contributed by atoms with van der Waals surface area (Å²) in [6.45, 7) is 4.17. The van der Waals surface area contributed by atoms with Crippen molar-refractivity contribution in [3.8, 4) is 33.1 Å². The summed E-state index contributed by atoms with van der Waals surface area (Å²) >= 11 is 1.50. The van der Waals surface area contributed by atoms with Gasteiger partial charge in [-0.1, -0.05) is 49.6 Å². The van der Waals surface area contributed by atoms with Crippen LogP contribution >= 0.6 is 11.3 Å². The molecule has 130 valence electrons. The van der Waals surface area contributed by atoms with Gasteiger partial charge in [0.2, 0.25) is 0 Å². The van der Waals surface area contributed by atoms with E-state index in [9.17, 15) is 10.2 Å². The zero-order valence-electron chi connectivity index (χ0n) is 14.6. The van der Waals surface area contributed by atoms with E-state index in [0.29, 0.717) is 5.56 Å². The molecule has 1 aromatic heterocycles. The van der Waals surface area contributed by atoms with Crippen LogP contribution in [0.3, 0.4) is 0 Å². The van der Waals surface area contributed by atoms with E-state index in [4.69, 9.17) is 0 Å². The SMILES string of the molecule is CCCCCc1cc(O)c(-c2cccc(C)c2)c(O)c1-c1cncs1. The van der Waals surface area contributed by atoms with Crippen LogP contribution in [-0.2, 0) is 6.42 Å². The summed E-state index contributed by atoms with van der Waals surface area (Å²) in [5.74, 6) is 0.268. The summed E-state index contributed by atoms with van der Waals surface area (Å²) in [5, 5.41) is 21.7. The van der Waals surface area contributed by atoms with E-state index >= 15 is 0 Å². The van der Waals surface area contributed by atoms with Gasteiger partial charge in [-0.2, -0.15) is 0 Å². The fraction of sp³-hybridized carbons (Fsp3) is 0.286. The molecule has 0 bridgehead atoms. The highest BCUT2D eigenvalue weighted by atomic mass is 32.1. The molecule has 4 heteroatoms. The minimum absolute atomic E-state index is 0.128. The standard InChI is InChI=1S/C21H23NO2S/c1-3-4-5-8-16-11-17(23)19(15-9-6-7-14(2)10-15)21(24)20(16)18-12-22-13-25-18/h6-7,9-13,23-24H,3-5,8H2,1-2H3. The van der Waals surface area contributed by atoms with Crippen molar-refractivity contribution in [2.24, 2.45) is 0 Å². The quantitative estimate of drug-likeness (QED) is 0.540. The van der Waals surface area contributed by atoms with E-state index in [-0.39, 0.29) is 11.5 Å². The molecule has 0 saturated carbocycles. The summed E-state index contributed by atoms with van der Waals surface area (Å²) in [6, 6.07) is 9.63. The van der Waals surface area contributed by atoms with Crippen LogP contribution in [0.15, 0.2) is 42.0 Å². The predicted octanol–water partition coefficient (Wildman–Crippen LogP) is 5.93. The number of hydrogen-bond acceptors (Lipinski definition) is 4. The minimum Gasteiger partial charge on any atom is -0.507 e. The van der Waals surface area contributed by atoms with Gasteiger partial charge in [-0.15, -0.1) is 11.3 Å². The van der Waals surface area contributed by atoms with E-state index in [0.717, 1.165) is 52.8 Å². The average Bonchev–Trinajstić information content (AvgIpc) is 3.09. The van der Waals surface area contributed by atoms with Crippen LogP contribution < -0.4 is 0 Å². The molecule has 0 atom stereocenters. The Morgan fingerprint density at radius 3 is 2.60 bits per heavy atom. The van der Waals surface area contributed by atoms with Gasteiger partial charge >= 0.3 is 0 Å². The van der Waals surface area contributed by atoms with Crippen LogP contribution in [0.2, 0.25) is 0 Å². The Hall–Kier alpha value is -2.33. The zero-order valence-corrected chi connectivity index (χ0v) is 15.4. The van der Waals surface area contributed by atoms with Crippen LogP contribution in [0.4, 0.5) is 0 Å². The third-order valence-electron chi connectivity index (χ3n) is 4.40. The first kappa shape index (κ1) is 17.5. The van der Waals surface area contributed by atoms with Crippen molar-refractivity contribution in [3.05, 3.63) is 53.2 Å². The highest BCUT2D eigenvalue weighted by molar-refractivity contribution is 7.13. The second-order valence-corrected chi connectivity index (χ2v) is 7.23. The van der Waals surface area contributed by atoms with Gasteiger partial charge in [0.05, 0.1) is 16.0 Å². The van der Waals surface area contributed by atoms with Crippen molar-refractivity contribution in [1.29, 1.82) is 0 Å². The third kappa shape index (κ3) is 3.69. The first-order valence-electron chi connectivity index (χ1n) is 8.65. The number of benzene rings is 2. The molecule has 0 saturated heterocycles. The van der Waals surface area contributed by atoms with Crippen molar-refractivity contribution in [2.45, 2.75) is 39.5 Å². The van der Waals surface area contributed by atoms with E-state index in [2.05, 4.69) is 11.9 Å². The summed E-state index contributed by atoms with van der Waals surface area (Å²) in [4.78, 5) is 5.09. The van der Waals surface area contributed by atoms with Gasteiger partial charge in [0, 0.05) is 11.8 Å². The van der Waals surface area contributed by atoms with Crippen LogP contribution in [0, 0.1) is 6.92 Å². The lowest BCUT2D eigenvalue weighted by Gasteiger charge is -2.16. The number of hydrogen-bond donors (Lipinski definition) is 2.